The van der Waals surface area contributed by atoms with Gasteiger partial charge < -0.3 is 20.8 Å². The minimum Gasteiger partial charge on any atom is -0.394 e. The summed E-state index contributed by atoms with van der Waals surface area (Å²) in [6.07, 6.45) is 1.75. The summed E-state index contributed by atoms with van der Waals surface area (Å²) in [5, 5.41) is 23.7. The molecule has 0 fully saturated rings. The Hall–Kier alpha value is -1.17. The summed E-state index contributed by atoms with van der Waals surface area (Å²) in [6.45, 7) is 0.545. The predicted octanol–water partition coefficient (Wildman–Crippen LogP) is -0.434. The third kappa shape index (κ3) is 3.83. The molecule has 5 nitrogen and oxygen atoms in total. The molecule has 1 aromatic rings. The van der Waals surface area contributed by atoms with Crippen LogP contribution in [0, 0.1) is 0 Å². The Labute approximate surface area is 89.2 Å². The first-order chi connectivity index (χ1) is 7.30. The maximum Gasteiger partial charge on any atom is 0.126 e. The molecule has 0 atom stereocenters. The maximum absolute atomic E-state index is 8.87. The lowest BCUT2D eigenvalue weighted by Crippen LogP contribution is -2.28. The first-order valence-electron chi connectivity index (χ1n) is 4.88. The van der Waals surface area contributed by atoms with E-state index >= 15 is 0 Å². The van der Waals surface area contributed by atoms with Gasteiger partial charge in [-0.1, -0.05) is 6.07 Å². The van der Waals surface area contributed by atoms with E-state index in [2.05, 4.69) is 15.6 Å². The van der Waals surface area contributed by atoms with Crippen molar-refractivity contribution < 1.29 is 10.2 Å². The van der Waals surface area contributed by atoms with E-state index in [1.807, 2.05) is 19.2 Å². The summed E-state index contributed by atoms with van der Waals surface area (Å²) in [5.74, 6) is 0.656. The Bertz CT molecular complexity index is 273. The fourth-order valence-corrected chi connectivity index (χ4v) is 1.18. The second kappa shape index (κ2) is 6.34. The van der Waals surface area contributed by atoms with Crippen LogP contribution in [0.3, 0.4) is 0 Å². The molecule has 0 unspecified atom stereocenters. The number of anilines is 1. The van der Waals surface area contributed by atoms with E-state index in [0.29, 0.717) is 5.82 Å². The largest absolute Gasteiger partial charge is 0.394 e. The molecule has 1 rings (SSSR count). The summed E-state index contributed by atoms with van der Waals surface area (Å²) < 4.78 is 0. The third-order valence-corrected chi connectivity index (χ3v) is 2.00. The van der Waals surface area contributed by atoms with Crippen LogP contribution in [0.1, 0.15) is 5.56 Å². The van der Waals surface area contributed by atoms with E-state index < -0.39 is 0 Å². The van der Waals surface area contributed by atoms with E-state index in [9.17, 15) is 0 Å². The molecule has 84 valence electrons. The molecule has 0 aliphatic heterocycles. The lowest BCUT2D eigenvalue weighted by Gasteiger charge is -2.13. The van der Waals surface area contributed by atoms with E-state index in [1.54, 1.807) is 6.20 Å². The second-order valence-corrected chi connectivity index (χ2v) is 3.29. The monoisotopic (exact) mass is 211 g/mol. The normalized spacial score (nSPS) is 10.7. The van der Waals surface area contributed by atoms with Crippen molar-refractivity contribution in [2.45, 2.75) is 12.6 Å². The number of nitrogens with one attached hydrogen (secondary N) is 2. The van der Waals surface area contributed by atoms with Crippen LogP contribution in [0.25, 0.3) is 0 Å². The summed E-state index contributed by atoms with van der Waals surface area (Å²) in [4.78, 5) is 4.16. The van der Waals surface area contributed by atoms with E-state index in [4.69, 9.17) is 10.2 Å². The Morgan fingerprint density at radius 1 is 1.33 bits per heavy atom. The van der Waals surface area contributed by atoms with Crippen molar-refractivity contribution >= 4 is 5.82 Å². The first-order valence-corrected chi connectivity index (χ1v) is 4.88. The van der Waals surface area contributed by atoms with Crippen molar-refractivity contribution in [2.75, 3.05) is 25.6 Å². The molecule has 0 radical (unpaired) electrons. The number of hydrogen-bond donors (Lipinski definition) is 4. The van der Waals surface area contributed by atoms with Gasteiger partial charge in [-0.15, -0.1) is 0 Å². The topological polar surface area (TPSA) is 77.4 Å². The van der Waals surface area contributed by atoms with Gasteiger partial charge in [-0.3, -0.25) is 0 Å². The van der Waals surface area contributed by atoms with Gasteiger partial charge in [-0.2, -0.15) is 0 Å². The highest BCUT2D eigenvalue weighted by molar-refractivity contribution is 5.36. The van der Waals surface area contributed by atoms with Crippen LogP contribution >= 0.6 is 0 Å². The Morgan fingerprint density at radius 2 is 2.07 bits per heavy atom. The van der Waals surface area contributed by atoms with Crippen molar-refractivity contribution in [1.82, 2.24) is 10.3 Å². The molecule has 1 heterocycles. The van der Waals surface area contributed by atoms with E-state index in [1.165, 1.54) is 0 Å². The third-order valence-electron chi connectivity index (χ3n) is 2.00. The van der Waals surface area contributed by atoms with Crippen LogP contribution in [0.5, 0.6) is 0 Å². The van der Waals surface area contributed by atoms with Crippen LogP contribution in [0.4, 0.5) is 5.82 Å². The highest BCUT2D eigenvalue weighted by Crippen LogP contribution is 2.06. The zero-order valence-corrected chi connectivity index (χ0v) is 8.77. The van der Waals surface area contributed by atoms with Gasteiger partial charge in [0.2, 0.25) is 0 Å². The molecule has 0 aromatic carbocycles. The number of rotatable bonds is 6. The number of hydrogen-bond acceptors (Lipinski definition) is 5. The van der Waals surface area contributed by atoms with Crippen molar-refractivity contribution in [2.24, 2.45) is 0 Å². The number of nitrogens with zero attached hydrogens (tertiary/aromatic N) is 1. The molecule has 5 heteroatoms. The Kier molecular flexibility index (Phi) is 5.03. The van der Waals surface area contributed by atoms with Gasteiger partial charge in [0, 0.05) is 12.7 Å². The molecule has 0 saturated heterocycles. The number of pyridine rings is 1. The van der Waals surface area contributed by atoms with Crippen molar-refractivity contribution in [3.63, 3.8) is 0 Å². The van der Waals surface area contributed by atoms with Crippen molar-refractivity contribution in [3.05, 3.63) is 23.9 Å². The highest BCUT2D eigenvalue weighted by atomic mass is 16.3. The molecule has 15 heavy (non-hydrogen) atoms. The average Bonchev–Trinajstić information content (AvgIpc) is 2.28. The van der Waals surface area contributed by atoms with Gasteiger partial charge in [0.15, 0.2) is 0 Å². The highest BCUT2D eigenvalue weighted by Gasteiger charge is 2.05. The molecule has 0 aliphatic rings. The SMILES string of the molecule is CNCc1ccc(NC(CO)CO)nc1. The number of aliphatic hydroxyl groups is 2. The molecule has 0 spiro atoms. The van der Waals surface area contributed by atoms with Gasteiger partial charge in [0.1, 0.15) is 5.82 Å². The van der Waals surface area contributed by atoms with Crippen LogP contribution in [-0.2, 0) is 6.54 Å². The molecule has 0 aliphatic carbocycles. The summed E-state index contributed by atoms with van der Waals surface area (Å²) in [5.41, 5.74) is 1.09. The van der Waals surface area contributed by atoms with Crippen LogP contribution in [0.2, 0.25) is 0 Å². The van der Waals surface area contributed by atoms with Gasteiger partial charge in [0.05, 0.1) is 19.3 Å². The molecular weight excluding hydrogens is 194 g/mol. The second-order valence-electron chi connectivity index (χ2n) is 3.29. The minimum absolute atomic E-state index is 0.115. The van der Waals surface area contributed by atoms with Crippen molar-refractivity contribution in [1.29, 1.82) is 0 Å². The standard InChI is InChI=1S/C10H17N3O2/c1-11-4-8-2-3-10(12-5-8)13-9(6-14)7-15/h2-3,5,9,11,14-15H,4,6-7H2,1H3,(H,12,13). The smallest absolute Gasteiger partial charge is 0.126 e. The predicted molar refractivity (Wildman–Crippen MR) is 58.6 cm³/mol. The van der Waals surface area contributed by atoms with Crippen molar-refractivity contribution in [3.8, 4) is 0 Å². The maximum atomic E-state index is 8.87. The fourth-order valence-electron chi connectivity index (χ4n) is 1.18. The Morgan fingerprint density at radius 3 is 2.53 bits per heavy atom. The quantitative estimate of drug-likeness (QED) is 0.513. The number of aromatic nitrogens is 1. The van der Waals surface area contributed by atoms with Crippen LogP contribution in [-0.4, -0.2) is 41.5 Å². The molecule has 4 N–H and O–H groups in total. The summed E-state index contributed by atoms with van der Waals surface area (Å²) >= 11 is 0. The van der Waals surface area contributed by atoms with E-state index in [0.717, 1.165) is 12.1 Å². The Balaban J connectivity index is 2.55. The minimum atomic E-state index is -0.354. The molecule has 0 saturated carbocycles. The van der Waals surface area contributed by atoms with Gasteiger partial charge >= 0.3 is 0 Å². The molecule has 0 amide bonds. The molecule has 1 aromatic heterocycles. The van der Waals surface area contributed by atoms with Gasteiger partial charge in [-0.25, -0.2) is 4.98 Å². The lowest BCUT2D eigenvalue weighted by molar-refractivity contribution is 0.203. The fraction of sp³-hybridized carbons (Fsp3) is 0.500. The summed E-state index contributed by atoms with van der Waals surface area (Å²) in [7, 11) is 1.87. The van der Waals surface area contributed by atoms with Crippen LogP contribution < -0.4 is 10.6 Å². The summed E-state index contributed by atoms with van der Waals surface area (Å²) in [6, 6.07) is 3.41. The van der Waals surface area contributed by atoms with Crippen LogP contribution in [0.15, 0.2) is 18.3 Å². The first kappa shape index (κ1) is 11.9. The van der Waals surface area contributed by atoms with Gasteiger partial charge in [0.25, 0.3) is 0 Å². The average molecular weight is 211 g/mol. The molecule has 0 bridgehead atoms. The number of aliphatic hydroxyl groups excluding tert-OH is 2. The molecular formula is C10H17N3O2. The zero-order valence-electron chi connectivity index (χ0n) is 8.77. The van der Waals surface area contributed by atoms with Gasteiger partial charge in [-0.05, 0) is 18.7 Å². The lowest BCUT2D eigenvalue weighted by atomic mass is 10.2. The van der Waals surface area contributed by atoms with E-state index in [-0.39, 0.29) is 19.3 Å². The zero-order chi connectivity index (χ0) is 11.1.